The number of hydrogen-bond acceptors (Lipinski definition) is 5. The zero-order valence-corrected chi connectivity index (χ0v) is 15.4. The second-order valence-electron chi connectivity index (χ2n) is 5.94. The molecule has 1 aromatic carbocycles. The molecule has 150 valence electrons. The van der Waals surface area contributed by atoms with Crippen molar-refractivity contribution in [1.82, 2.24) is 15.3 Å². The van der Waals surface area contributed by atoms with Crippen LogP contribution in [0.3, 0.4) is 0 Å². The highest BCUT2D eigenvalue weighted by Gasteiger charge is 2.31. The third-order valence-corrected chi connectivity index (χ3v) is 3.60. The Morgan fingerprint density at radius 1 is 1.21 bits per heavy atom. The van der Waals surface area contributed by atoms with E-state index in [1.807, 2.05) is 0 Å². The van der Waals surface area contributed by atoms with Crippen molar-refractivity contribution < 1.29 is 27.5 Å². The van der Waals surface area contributed by atoms with Gasteiger partial charge < -0.3 is 10.1 Å². The van der Waals surface area contributed by atoms with E-state index in [4.69, 9.17) is 0 Å². The van der Waals surface area contributed by atoms with Gasteiger partial charge in [-0.25, -0.2) is 9.97 Å². The number of aryl methyl sites for hydroxylation is 1. The Bertz CT molecular complexity index is 871. The summed E-state index contributed by atoms with van der Waals surface area (Å²) >= 11 is 0. The highest BCUT2D eigenvalue weighted by molar-refractivity contribution is 5.94. The third kappa shape index (κ3) is 6.22. The van der Waals surface area contributed by atoms with Crippen LogP contribution in [-0.2, 0) is 4.79 Å². The monoisotopic (exact) mass is 396 g/mol. The lowest BCUT2D eigenvalue weighted by Crippen LogP contribution is -2.28. The number of anilines is 1. The summed E-state index contributed by atoms with van der Waals surface area (Å²) < 4.78 is 41.0. The Morgan fingerprint density at radius 2 is 1.93 bits per heavy atom. The summed E-state index contributed by atoms with van der Waals surface area (Å²) in [6, 6.07) is 6.14. The fourth-order valence-corrected chi connectivity index (χ4v) is 2.29. The summed E-state index contributed by atoms with van der Waals surface area (Å²) in [6.07, 6.45) is -4.57. The zero-order valence-electron chi connectivity index (χ0n) is 15.4. The minimum atomic E-state index is -4.80. The van der Waals surface area contributed by atoms with E-state index < -0.39 is 18.3 Å². The first-order valence-electron chi connectivity index (χ1n) is 8.39. The number of alkyl halides is 3. The molecule has 1 unspecified atom stereocenters. The molecular formula is C18H19F3N4O3. The molecule has 2 rings (SSSR count). The van der Waals surface area contributed by atoms with Crippen molar-refractivity contribution in [1.29, 1.82) is 0 Å². The molecule has 0 spiro atoms. The fraction of sp³-hybridized carbons (Fsp3) is 0.333. The van der Waals surface area contributed by atoms with Crippen LogP contribution in [-0.4, -0.2) is 28.1 Å². The first-order valence-corrected chi connectivity index (χ1v) is 8.39. The molecule has 28 heavy (non-hydrogen) atoms. The lowest BCUT2D eigenvalue weighted by atomic mass is 10.1. The quantitative estimate of drug-likeness (QED) is 0.779. The van der Waals surface area contributed by atoms with Crippen LogP contribution in [0.4, 0.5) is 19.1 Å². The van der Waals surface area contributed by atoms with Gasteiger partial charge in [-0.2, -0.15) is 0 Å². The van der Waals surface area contributed by atoms with Crippen LogP contribution >= 0.6 is 0 Å². The summed E-state index contributed by atoms with van der Waals surface area (Å²) in [5.74, 6) is -1.24. The molecular weight excluding hydrogens is 377 g/mol. The molecule has 1 aromatic heterocycles. The largest absolute Gasteiger partial charge is 0.573 e. The lowest BCUT2D eigenvalue weighted by molar-refractivity contribution is -0.274. The van der Waals surface area contributed by atoms with Crippen LogP contribution < -0.4 is 15.4 Å². The van der Waals surface area contributed by atoms with Gasteiger partial charge in [-0.05, 0) is 37.6 Å². The third-order valence-electron chi connectivity index (χ3n) is 3.60. The van der Waals surface area contributed by atoms with Gasteiger partial charge in [0.1, 0.15) is 11.4 Å². The molecule has 1 heterocycles. The second kappa shape index (κ2) is 8.68. The summed E-state index contributed by atoms with van der Waals surface area (Å²) in [5.41, 5.74) is 0.911. The Hall–Kier alpha value is -3.17. The van der Waals surface area contributed by atoms with Crippen LogP contribution in [0, 0.1) is 6.92 Å². The maximum atomic E-state index is 12.5. The number of amides is 2. The van der Waals surface area contributed by atoms with E-state index in [2.05, 4.69) is 25.3 Å². The average Bonchev–Trinajstić information content (AvgIpc) is 2.59. The van der Waals surface area contributed by atoms with Crippen molar-refractivity contribution >= 4 is 17.8 Å². The molecule has 0 bridgehead atoms. The number of aromatic nitrogens is 2. The van der Waals surface area contributed by atoms with E-state index in [-0.39, 0.29) is 29.7 Å². The number of halogens is 3. The van der Waals surface area contributed by atoms with Crippen molar-refractivity contribution in [2.24, 2.45) is 0 Å². The molecule has 1 atom stereocenters. The maximum Gasteiger partial charge on any atom is 0.573 e. The SMILES string of the molecule is CCC(=O)Nc1nc(C)cc(C(=O)NC(C)c2cccc(OC(F)(F)F)c2)n1. The topological polar surface area (TPSA) is 93.2 Å². The van der Waals surface area contributed by atoms with Gasteiger partial charge in [0.25, 0.3) is 5.91 Å². The van der Waals surface area contributed by atoms with Crippen molar-refractivity contribution in [3.8, 4) is 5.75 Å². The molecule has 0 aliphatic rings. The molecule has 0 aliphatic heterocycles. The van der Waals surface area contributed by atoms with Gasteiger partial charge in [0.2, 0.25) is 11.9 Å². The van der Waals surface area contributed by atoms with Crippen molar-refractivity contribution in [3.63, 3.8) is 0 Å². The number of rotatable bonds is 6. The van der Waals surface area contributed by atoms with Gasteiger partial charge in [0.05, 0.1) is 6.04 Å². The number of benzene rings is 1. The molecule has 2 aromatic rings. The van der Waals surface area contributed by atoms with Gasteiger partial charge in [-0.3, -0.25) is 14.9 Å². The van der Waals surface area contributed by atoms with E-state index >= 15 is 0 Å². The Balaban J connectivity index is 2.14. The molecule has 7 nitrogen and oxygen atoms in total. The molecule has 0 saturated carbocycles. The molecule has 2 N–H and O–H groups in total. The number of nitrogens with one attached hydrogen (secondary N) is 2. The second-order valence-corrected chi connectivity index (χ2v) is 5.94. The van der Waals surface area contributed by atoms with Crippen LogP contribution in [0.1, 0.15) is 48.1 Å². The van der Waals surface area contributed by atoms with Crippen LogP contribution in [0.15, 0.2) is 30.3 Å². The van der Waals surface area contributed by atoms with E-state index in [0.29, 0.717) is 11.3 Å². The Morgan fingerprint density at radius 3 is 2.57 bits per heavy atom. The molecule has 10 heteroatoms. The summed E-state index contributed by atoms with van der Waals surface area (Å²) in [5, 5.41) is 5.12. The highest BCUT2D eigenvalue weighted by Crippen LogP contribution is 2.25. The maximum absolute atomic E-state index is 12.5. The summed E-state index contributed by atoms with van der Waals surface area (Å²) in [6.45, 7) is 4.91. The van der Waals surface area contributed by atoms with Gasteiger partial charge >= 0.3 is 6.36 Å². The van der Waals surface area contributed by atoms with Crippen LogP contribution in [0.25, 0.3) is 0 Å². The molecule has 0 aliphatic carbocycles. The average molecular weight is 396 g/mol. The minimum absolute atomic E-state index is 0.00484. The minimum Gasteiger partial charge on any atom is -0.406 e. The number of nitrogens with zero attached hydrogens (tertiary/aromatic N) is 2. The van der Waals surface area contributed by atoms with Crippen LogP contribution in [0.2, 0.25) is 0 Å². The standard InChI is InChI=1S/C18H19F3N4O3/c1-4-15(26)25-17-22-10(2)8-14(24-17)16(27)23-11(3)12-6-5-7-13(9-12)28-18(19,20)21/h5-9,11H,4H2,1-3H3,(H,23,27)(H,22,24,25,26). The predicted molar refractivity (Wildman–Crippen MR) is 94.7 cm³/mol. The summed E-state index contributed by atoms with van der Waals surface area (Å²) in [7, 11) is 0. The molecule has 0 saturated heterocycles. The number of ether oxygens (including phenoxy) is 1. The Labute approximate surface area is 159 Å². The van der Waals surface area contributed by atoms with E-state index in [1.165, 1.54) is 24.3 Å². The molecule has 2 amide bonds. The van der Waals surface area contributed by atoms with Gasteiger partial charge in [0, 0.05) is 12.1 Å². The van der Waals surface area contributed by atoms with Gasteiger partial charge in [-0.1, -0.05) is 19.1 Å². The predicted octanol–water partition coefficient (Wildman–Crippen LogP) is 3.52. The first-order chi connectivity index (χ1) is 13.1. The van der Waals surface area contributed by atoms with Crippen molar-refractivity contribution in [2.75, 3.05) is 5.32 Å². The highest BCUT2D eigenvalue weighted by atomic mass is 19.4. The molecule has 0 fully saturated rings. The van der Waals surface area contributed by atoms with E-state index in [1.54, 1.807) is 26.8 Å². The van der Waals surface area contributed by atoms with E-state index in [0.717, 1.165) is 0 Å². The van der Waals surface area contributed by atoms with Crippen LogP contribution in [0.5, 0.6) is 5.75 Å². The molecule has 0 radical (unpaired) electrons. The van der Waals surface area contributed by atoms with Crippen molar-refractivity contribution in [3.05, 3.63) is 47.3 Å². The smallest absolute Gasteiger partial charge is 0.406 e. The zero-order chi connectivity index (χ0) is 20.9. The fourth-order valence-electron chi connectivity index (χ4n) is 2.29. The lowest BCUT2D eigenvalue weighted by Gasteiger charge is -2.16. The first kappa shape index (κ1) is 21.1. The number of carbonyl (C=O) groups is 2. The summed E-state index contributed by atoms with van der Waals surface area (Å²) in [4.78, 5) is 32.0. The van der Waals surface area contributed by atoms with Gasteiger partial charge in [-0.15, -0.1) is 13.2 Å². The number of carbonyl (C=O) groups excluding carboxylic acids is 2. The Kier molecular flexibility index (Phi) is 6.55. The van der Waals surface area contributed by atoms with E-state index in [9.17, 15) is 22.8 Å². The van der Waals surface area contributed by atoms with Crippen molar-refractivity contribution in [2.45, 2.75) is 39.6 Å². The van der Waals surface area contributed by atoms with Gasteiger partial charge in [0.15, 0.2) is 0 Å². The normalized spacial score (nSPS) is 12.2. The number of hydrogen-bond donors (Lipinski definition) is 2.